The van der Waals surface area contributed by atoms with Crippen LogP contribution in [0, 0.1) is 0 Å². The highest BCUT2D eigenvalue weighted by atomic mass is 35.5. The maximum absolute atomic E-state index is 5.38. The topological polar surface area (TPSA) is 131 Å². The lowest BCUT2D eigenvalue weighted by Gasteiger charge is -1.80. The first-order chi connectivity index (χ1) is 4.86. The van der Waals surface area contributed by atoms with Crippen LogP contribution in [0.25, 0.3) is 11.2 Å². The summed E-state index contributed by atoms with van der Waals surface area (Å²) in [5.74, 6) is 0.411. The second-order valence-corrected chi connectivity index (χ2v) is 2.00. The minimum atomic E-state index is 0. The zero-order valence-electron chi connectivity index (χ0n) is 7.43. The summed E-state index contributed by atoms with van der Waals surface area (Å²) in [5, 5.41) is 0. The van der Waals surface area contributed by atoms with Gasteiger partial charge in [0, 0.05) is 6.20 Å². The van der Waals surface area contributed by atoms with Crippen molar-refractivity contribution >= 4 is 54.3 Å². The van der Waals surface area contributed by atoms with Crippen LogP contribution < -0.4 is 5.73 Å². The van der Waals surface area contributed by atoms with Gasteiger partial charge in [0.25, 0.3) is 0 Å². The number of anilines is 1. The Morgan fingerprint density at radius 1 is 1.13 bits per heavy atom. The van der Waals surface area contributed by atoms with Gasteiger partial charge in [-0.15, -0.1) is 37.2 Å². The summed E-state index contributed by atoms with van der Waals surface area (Å²) in [7, 11) is 0. The van der Waals surface area contributed by atoms with Gasteiger partial charge in [-0.1, -0.05) is 0 Å². The van der Waals surface area contributed by atoms with Gasteiger partial charge in [0.1, 0.15) is 0 Å². The maximum atomic E-state index is 5.38. The number of nitrogens with zero attached hydrogens (tertiary/aromatic N) is 2. The number of nitrogens with one attached hydrogen (secondary N) is 1. The molecule has 0 radical (unpaired) electrons. The lowest BCUT2D eigenvalue weighted by atomic mass is 10.4. The van der Waals surface area contributed by atoms with E-state index in [2.05, 4.69) is 15.0 Å². The molecule has 0 aromatic carbocycles. The average Bonchev–Trinajstić information content (AvgIpc) is 2.27. The highest BCUT2D eigenvalue weighted by molar-refractivity contribution is 5.86. The third kappa shape index (κ3) is 5.01. The Bertz CT molecular complexity index is 337. The normalized spacial score (nSPS) is 6.93. The predicted octanol–water partition coefficient (Wildman–Crippen LogP) is 0.156. The molecule has 0 fully saturated rings. The number of halogens is 3. The standard InChI is InChI=1S/C6H6N4.3ClH.2H2O/c7-6-9-4-2-1-3-8-5(4)10-6;;;;;/h1-3H,(H3,7,8,9,10);3*1H;2*1H2. The molecule has 2 aromatic heterocycles. The molecule has 0 aliphatic heterocycles. The summed E-state index contributed by atoms with van der Waals surface area (Å²) in [5.41, 5.74) is 6.93. The number of rotatable bonds is 0. The fourth-order valence-corrected chi connectivity index (χ4v) is 0.864. The van der Waals surface area contributed by atoms with E-state index in [1.54, 1.807) is 6.20 Å². The summed E-state index contributed by atoms with van der Waals surface area (Å²) in [6.45, 7) is 0. The van der Waals surface area contributed by atoms with Crippen LogP contribution >= 0.6 is 37.2 Å². The predicted molar refractivity (Wildman–Crippen MR) is 67.3 cm³/mol. The van der Waals surface area contributed by atoms with Crippen LogP contribution in [0.3, 0.4) is 0 Å². The molecule has 15 heavy (non-hydrogen) atoms. The Morgan fingerprint density at radius 3 is 2.27 bits per heavy atom. The Morgan fingerprint density at radius 2 is 1.73 bits per heavy atom. The molecule has 7 N–H and O–H groups in total. The lowest BCUT2D eigenvalue weighted by Crippen LogP contribution is -1.84. The number of aromatic nitrogens is 3. The largest absolute Gasteiger partial charge is 0.412 e. The quantitative estimate of drug-likeness (QED) is 0.711. The van der Waals surface area contributed by atoms with Crippen molar-refractivity contribution in [2.24, 2.45) is 0 Å². The van der Waals surface area contributed by atoms with Gasteiger partial charge in [0.15, 0.2) is 11.6 Å². The smallest absolute Gasteiger partial charge is 0.200 e. The van der Waals surface area contributed by atoms with E-state index in [-0.39, 0.29) is 48.2 Å². The van der Waals surface area contributed by atoms with E-state index in [9.17, 15) is 0 Å². The Balaban J connectivity index is -0.000000121. The minimum Gasteiger partial charge on any atom is -0.412 e. The van der Waals surface area contributed by atoms with Crippen molar-refractivity contribution in [1.82, 2.24) is 15.0 Å². The van der Waals surface area contributed by atoms with Crippen LogP contribution in [0.5, 0.6) is 0 Å². The van der Waals surface area contributed by atoms with E-state index in [0.717, 1.165) is 5.52 Å². The van der Waals surface area contributed by atoms with Gasteiger partial charge in [-0.05, 0) is 12.1 Å². The SMILES string of the molecule is Cl.Cl.Cl.Nc1nc2ncccc2[nH]1.O.O. The summed E-state index contributed by atoms with van der Waals surface area (Å²) in [4.78, 5) is 10.8. The number of hydrogen-bond donors (Lipinski definition) is 2. The van der Waals surface area contributed by atoms with Crippen molar-refractivity contribution in [1.29, 1.82) is 0 Å². The number of imidazole rings is 1. The van der Waals surface area contributed by atoms with Gasteiger partial charge in [-0.3, -0.25) is 0 Å². The van der Waals surface area contributed by atoms with E-state index in [0.29, 0.717) is 11.6 Å². The molecule has 6 nitrogen and oxygen atoms in total. The first kappa shape index (κ1) is 23.8. The zero-order valence-corrected chi connectivity index (χ0v) is 9.88. The highest BCUT2D eigenvalue weighted by Crippen LogP contribution is 2.06. The molecule has 2 aromatic rings. The van der Waals surface area contributed by atoms with Crippen molar-refractivity contribution in [3.8, 4) is 0 Å². The van der Waals surface area contributed by atoms with Crippen LogP contribution in [0.1, 0.15) is 0 Å². The Labute approximate surface area is 105 Å². The molecule has 2 heterocycles. The molecule has 0 atom stereocenters. The van der Waals surface area contributed by atoms with Crippen molar-refractivity contribution in [3.05, 3.63) is 18.3 Å². The zero-order chi connectivity index (χ0) is 6.97. The third-order valence-electron chi connectivity index (χ3n) is 1.28. The molecule has 0 saturated carbocycles. The molecule has 9 heteroatoms. The number of H-pyrrole nitrogens is 1. The number of hydrogen-bond acceptors (Lipinski definition) is 3. The van der Waals surface area contributed by atoms with Gasteiger partial charge in [0.2, 0.25) is 0 Å². The number of fused-ring (bicyclic) bond motifs is 1. The molecule has 0 spiro atoms. The van der Waals surface area contributed by atoms with Crippen LogP contribution in [0.4, 0.5) is 5.95 Å². The van der Waals surface area contributed by atoms with Gasteiger partial charge >= 0.3 is 0 Å². The molecule has 90 valence electrons. The van der Waals surface area contributed by atoms with E-state index >= 15 is 0 Å². The molecule has 0 aliphatic rings. The number of pyridine rings is 1. The second-order valence-electron chi connectivity index (χ2n) is 2.00. The van der Waals surface area contributed by atoms with Crippen molar-refractivity contribution in [2.75, 3.05) is 5.73 Å². The molecule has 0 bridgehead atoms. The molecule has 0 saturated heterocycles. The first-order valence-electron chi connectivity index (χ1n) is 2.92. The van der Waals surface area contributed by atoms with Crippen LogP contribution in [-0.2, 0) is 0 Å². The summed E-state index contributed by atoms with van der Waals surface area (Å²) < 4.78 is 0. The number of nitrogens with two attached hydrogens (primary N) is 1. The third-order valence-corrected chi connectivity index (χ3v) is 1.28. The first-order valence-corrected chi connectivity index (χ1v) is 2.92. The molecule has 0 aliphatic carbocycles. The van der Waals surface area contributed by atoms with Crippen LogP contribution in [0.15, 0.2) is 18.3 Å². The summed E-state index contributed by atoms with van der Waals surface area (Å²) in [6, 6.07) is 3.71. The summed E-state index contributed by atoms with van der Waals surface area (Å²) >= 11 is 0. The Kier molecular flexibility index (Phi) is 15.5. The van der Waals surface area contributed by atoms with Crippen LogP contribution in [-0.4, -0.2) is 25.9 Å². The average molecular weight is 280 g/mol. The molecule has 0 unspecified atom stereocenters. The van der Waals surface area contributed by atoms with E-state index < -0.39 is 0 Å². The minimum absolute atomic E-state index is 0. The van der Waals surface area contributed by atoms with E-state index in [4.69, 9.17) is 5.73 Å². The fraction of sp³-hybridized carbons (Fsp3) is 0. The molecular weight excluding hydrogens is 266 g/mol. The number of aromatic amines is 1. The van der Waals surface area contributed by atoms with Crippen molar-refractivity contribution in [2.45, 2.75) is 0 Å². The molecule has 2 rings (SSSR count). The van der Waals surface area contributed by atoms with Gasteiger partial charge in [0.05, 0.1) is 5.52 Å². The van der Waals surface area contributed by atoms with Gasteiger partial charge in [-0.2, -0.15) is 4.98 Å². The fourth-order valence-electron chi connectivity index (χ4n) is 0.864. The lowest BCUT2D eigenvalue weighted by molar-refractivity contribution is 0.823. The summed E-state index contributed by atoms with van der Waals surface area (Å²) in [6.07, 6.45) is 1.68. The second kappa shape index (κ2) is 9.75. The van der Waals surface area contributed by atoms with E-state index in [1.165, 1.54) is 0 Å². The van der Waals surface area contributed by atoms with Crippen molar-refractivity contribution in [3.63, 3.8) is 0 Å². The van der Waals surface area contributed by atoms with Crippen LogP contribution in [0.2, 0.25) is 0 Å². The van der Waals surface area contributed by atoms with Gasteiger partial charge < -0.3 is 21.7 Å². The Hall–Kier alpha value is -0.790. The number of nitrogen functional groups attached to an aromatic ring is 1. The monoisotopic (exact) mass is 278 g/mol. The molecule has 0 amide bonds. The van der Waals surface area contributed by atoms with E-state index in [1.807, 2.05) is 12.1 Å². The van der Waals surface area contributed by atoms with Crippen molar-refractivity contribution < 1.29 is 11.0 Å². The van der Waals surface area contributed by atoms with Gasteiger partial charge in [-0.25, -0.2) is 4.98 Å². The molecular formula is C6H13Cl3N4O2. The highest BCUT2D eigenvalue weighted by Gasteiger charge is 1.96. The maximum Gasteiger partial charge on any atom is 0.200 e.